The van der Waals surface area contributed by atoms with E-state index in [1.165, 1.54) is 76.8 Å². The lowest BCUT2D eigenvalue weighted by atomic mass is 9.95. The summed E-state index contributed by atoms with van der Waals surface area (Å²) in [6.07, 6.45) is 0. The van der Waals surface area contributed by atoms with Crippen LogP contribution < -0.4 is 4.90 Å². The fourth-order valence-electron chi connectivity index (χ4n) is 10.0. The lowest BCUT2D eigenvalue weighted by Gasteiger charge is -2.26. The van der Waals surface area contributed by atoms with Gasteiger partial charge in [0, 0.05) is 33.4 Å². The zero-order valence-corrected chi connectivity index (χ0v) is 33.7. The second-order valence-electron chi connectivity index (χ2n) is 16.5. The first-order valence-electron chi connectivity index (χ1n) is 21.3. The van der Waals surface area contributed by atoms with Crippen molar-refractivity contribution in [1.82, 2.24) is 0 Å². The highest BCUT2D eigenvalue weighted by Crippen LogP contribution is 2.49. The molecule has 288 valence electrons. The molecule has 0 aliphatic heterocycles. The van der Waals surface area contributed by atoms with Gasteiger partial charge in [0.2, 0.25) is 0 Å². The van der Waals surface area contributed by atoms with E-state index in [1.807, 2.05) is 12.1 Å². The van der Waals surface area contributed by atoms with E-state index in [2.05, 4.69) is 217 Å². The van der Waals surface area contributed by atoms with Gasteiger partial charge in [-0.05, 0) is 143 Å². The van der Waals surface area contributed by atoms with E-state index in [1.54, 1.807) is 0 Å². The van der Waals surface area contributed by atoms with Gasteiger partial charge in [0.1, 0.15) is 11.2 Å². The summed E-state index contributed by atoms with van der Waals surface area (Å²) in [6, 6.07) is 81.8. The minimum Gasteiger partial charge on any atom is -0.455 e. The minimum absolute atomic E-state index is 0.906. The summed E-state index contributed by atoms with van der Waals surface area (Å²) in [4.78, 5) is 2.37. The fraction of sp³-hybridized carbons (Fsp3) is 0. The maximum absolute atomic E-state index is 6.46. The van der Waals surface area contributed by atoms with Crippen molar-refractivity contribution in [3.8, 4) is 55.6 Å². The number of fused-ring (bicyclic) bond motifs is 9. The molecule has 2 heteroatoms. The van der Waals surface area contributed by atoms with Gasteiger partial charge >= 0.3 is 0 Å². The smallest absolute Gasteiger partial charge is 0.143 e. The first-order valence-corrected chi connectivity index (χ1v) is 21.3. The molecule has 0 saturated carbocycles. The van der Waals surface area contributed by atoms with Crippen LogP contribution in [0, 0.1) is 0 Å². The van der Waals surface area contributed by atoms with Crippen molar-refractivity contribution in [3.63, 3.8) is 0 Å². The zero-order chi connectivity index (χ0) is 40.7. The molecule has 0 bridgehead atoms. The van der Waals surface area contributed by atoms with Crippen molar-refractivity contribution in [2.75, 3.05) is 4.90 Å². The largest absolute Gasteiger partial charge is 0.455 e. The highest BCUT2D eigenvalue weighted by Gasteiger charge is 2.22. The van der Waals surface area contributed by atoms with E-state index >= 15 is 0 Å². The molecule has 0 unspecified atom stereocenters. The summed E-state index contributed by atoms with van der Waals surface area (Å²) in [5.41, 5.74) is 17.3. The Hall–Kier alpha value is -8.20. The maximum atomic E-state index is 6.46. The summed E-state index contributed by atoms with van der Waals surface area (Å²) in [5, 5.41) is 9.94. The molecule has 0 spiro atoms. The van der Waals surface area contributed by atoms with Crippen molar-refractivity contribution in [3.05, 3.63) is 224 Å². The van der Waals surface area contributed by atoms with Crippen LogP contribution in [0.4, 0.5) is 17.1 Å². The molecule has 11 aromatic carbocycles. The van der Waals surface area contributed by atoms with Crippen molar-refractivity contribution in [2.24, 2.45) is 0 Å². The second-order valence-corrected chi connectivity index (χ2v) is 16.5. The molecule has 1 aliphatic carbocycles. The highest BCUT2D eigenvalue weighted by atomic mass is 16.3. The molecule has 0 saturated heterocycles. The molecule has 1 aromatic heterocycles. The third kappa shape index (κ3) is 5.44. The monoisotopic (exact) mass is 787 g/mol. The lowest BCUT2D eigenvalue weighted by Crippen LogP contribution is -2.10. The molecule has 13 rings (SSSR count). The van der Waals surface area contributed by atoms with Gasteiger partial charge in [-0.15, -0.1) is 0 Å². The number of para-hydroxylation sites is 2. The molecular weight excluding hydrogens is 751 g/mol. The molecule has 1 aliphatic rings. The summed E-state index contributed by atoms with van der Waals surface area (Å²) < 4.78 is 6.46. The molecule has 62 heavy (non-hydrogen) atoms. The van der Waals surface area contributed by atoms with Crippen molar-refractivity contribution < 1.29 is 4.42 Å². The van der Waals surface area contributed by atoms with Crippen molar-refractivity contribution in [1.29, 1.82) is 0 Å². The van der Waals surface area contributed by atoms with Gasteiger partial charge in [-0.2, -0.15) is 0 Å². The van der Waals surface area contributed by atoms with Crippen molar-refractivity contribution >= 4 is 71.3 Å². The Morgan fingerprint density at radius 1 is 0.274 bits per heavy atom. The Balaban J connectivity index is 0.922. The first kappa shape index (κ1) is 34.6. The van der Waals surface area contributed by atoms with Crippen LogP contribution in [0.5, 0.6) is 0 Å². The molecule has 2 nitrogen and oxygen atoms in total. The molecule has 12 aromatic rings. The predicted octanol–water partition coefficient (Wildman–Crippen LogP) is 17.2. The number of hydrogen-bond donors (Lipinski definition) is 0. The van der Waals surface area contributed by atoms with Crippen LogP contribution >= 0.6 is 0 Å². The number of hydrogen-bond acceptors (Lipinski definition) is 2. The topological polar surface area (TPSA) is 16.4 Å². The van der Waals surface area contributed by atoms with Crippen LogP contribution in [0.15, 0.2) is 229 Å². The van der Waals surface area contributed by atoms with E-state index in [4.69, 9.17) is 4.42 Å². The average molecular weight is 788 g/mol. The van der Waals surface area contributed by atoms with E-state index in [9.17, 15) is 0 Å². The molecule has 0 atom stereocenters. The van der Waals surface area contributed by atoms with E-state index in [0.29, 0.717) is 0 Å². The van der Waals surface area contributed by atoms with Crippen LogP contribution in [0.3, 0.4) is 0 Å². The quantitative estimate of drug-likeness (QED) is 0.156. The molecule has 0 radical (unpaired) electrons. The first-order chi connectivity index (χ1) is 30.7. The molecule has 0 amide bonds. The van der Waals surface area contributed by atoms with Gasteiger partial charge < -0.3 is 9.32 Å². The lowest BCUT2D eigenvalue weighted by molar-refractivity contribution is 0.670. The molecule has 0 fully saturated rings. The van der Waals surface area contributed by atoms with Crippen LogP contribution in [-0.2, 0) is 0 Å². The third-order valence-electron chi connectivity index (χ3n) is 13.0. The van der Waals surface area contributed by atoms with Crippen LogP contribution in [0.25, 0.3) is 110 Å². The molecule has 0 N–H and O–H groups in total. The predicted molar refractivity (Wildman–Crippen MR) is 262 cm³/mol. The molecular formula is C60H37NO. The summed E-state index contributed by atoms with van der Waals surface area (Å²) in [7, 11) is 0. The van der Waals surface area contributed by atoms with Gasteiger partial charge in [-0.25, -0.2) is 0 Å². The van der Waals surface area contributed by atoms with Crippen molar-refractivity contribution in [2.45, 2.75) is 0 Å². The van der Waals surface area contributed by atoms with Crippen LogP contribution in [-0.4, -0.2) is 0 Å². The zero-order valence-electron chi connectivity index (χ0n) is 33.7. The van der Waals surface area contributed by atoms with Crippen LogP contribution in [0.2, 0.25) is 0 Å². The number of furan rings is 1. The van der Waals surface area contributed by atoms with Gasteiger partial charge in [0.25, 0.3) is 0 Å². The Kier molecular flexibility index (Phi) is 7.64. The summed E-state index contributed by atoms with van der Waals surface area (Å²) in [6.45, 7) is 0. The standard InChI is InChI=1S/C60H37NO/c1-2-14-49-39(10-1)22-23-43-34-42(28-33-50(43)49)38-24-29-46(30-25-38)61(47-31-26-40(27-32-47)51-18-9-20-56-54-17-5-6-21-58(54)62-60(51)56)48-13-7-11-41(36-48)45-35-44-12-8-19-55-52-15-3-4-16-53(52)57(37-45)59(44)55/h1-37H. The average Bonchev–Trinajstić information content (AvgIpc) is 3.89. The normalized spacial score (nSPS) is 11.9. The maximum Gasteiger partial charge on any atom is 0.143 e. The number of rotatable bonds is 6. The van der Waals surface area contributed by atoms with Crippen LogP contribution in [0.1, 0.15) is 0 Å². The van der Waals surface area contributed by atoms with Gasteiger partial charge in [-0.3, -0.25) is 0 Å². The third-order valence-corrected chi connectivity index (χ3v) is 13.0. The Morgan fingerprint density at radius 3 is 1.71 bits per heavy atom. The number of benzene rings is 11. The van der Waals surface area contributed by atoms with E-state index in [0.717, 1.165) is 50.1 Å². The van der Waals surface area contributed by atoms with Gasteiger partial charge in [0.15, 0.2) is 0 Å². The molecule has 1 heterocycles. The Labute approximate surface area is 359 Å². The fourth-order valence-corrected chi connectivity index (χ4v) is 10.0. The van der Waals surface area contributed by atoms with E-state index in [-0.39, 0.29) is 0 Å². The Morgan fingerprint density at radius 2 is 0.855 bits per heavy atom. The number of anilines is 3. The second kappa shape index (κ2) is 13.7. The minimum atomic E-state index is 0.906. The number of nitrogens with zero attached hydrogens (tertiary/aromatic N) is 1. The van der Waals surface area contributed by atoms with E-state index < -0.39 is 0 Å². The summed E-state index contributed by atoms with van der Waals surface area (Å²) in [5.74, 6) is 0. The Bertz CT molecular complexity index is 3740. The SMILES string of the molecule is c1cc(-c2cc3c4c(cccc4c2)-c2ccccc2-3)cc(N(c2ccc(-c3ccc4c(ccc5ccccc54)c3)cc2)c2ccc(-c3cccc4c3oc3ccccc34)cc2)c1. The van der Waals surface area contributed by atoms with Gasteiger partial charge in [-0.1, -0.05) is 164 Å². The van der Waals surface area contributed by atoms with Gasteiger partial charge in [0.05, 0.1) is 0 Å². The highest BCUT2D eigenvalue weighted by molar-refractivity contribution is 6.16. The summed E-state index contributed by atoms with van der Waals surface area (Å²) >= 11 is 0.